The van der Waals surface area contributed by atoms with Gasteiger partial charge in [-0.2, -0.15) is 0 Å². The van der Waals surface area contributed by atoms with Gasteiger partial charge in [-0.1, -0.05) is 26.8 Å². The fourth-order valence-corrected chi connectivity index (χ4v) is 2.18. The predicted octanol–water partition coefficient (Wildman–Crippen LogP) is 4.63. The summed E-state index contributed by atoms with van der Waals surface area (Å²) in [5, 5.41) is 1.05. The van der Waals surface area contributed by atoms with Crippen molar-refractivity contribution < 1.29 is 9.21 Å². The Morgan fingerprint density at radius 1 is 1.33 bits per heavy atom. The molecule has 18 heavy (non-hydrogen) atoms. The number of hydrogen-bond acceptors (Lipinski definition) is 2. The number of benzene rings is 1. The molecule has 0 saturated heterocycles. The van der Waals surface area contributed by atoms with E-state index in [-0.39, 0.29) is 11.2 Å². The van der Waals surface area contributed by atoms with Crippen molar-refractivity contribution in [1.82, 2.24) is 0 Å². The third-order valence-corrected chi connectivity index (χ3v) is 3.92. The third kappa shape index (κ3) is 1.96. The molecular weight excluding hydrogens is 224 g/mol. The van der Waals surface area contributed by atoms with Gasteiger partial charge in [-0.05, 0) is 36.5 Å². The first-order chi connectivity index (χ1) is 8.36. The van der Waals surface area contributed by atoms with Crippen molar-refractivity contribution in [3.8, 4) is 0 Å². The molecule has 2 aromatic rings. The Kier molecular flexibility index (Phi) is 3.05. The first-order valence-corrected chi connectivity index (χ1v) is 6.41. The second-order valence-corrected chi connectivity index (χ2v) is 5.56. The molecule has 0 aliphatic rings. The number of hydrogen-bond donors (Lipinski definition) is 0. The molecule has 0 spiro atoms. The number of Topliss-reactive ketones (excluding diaryl/α,β-unsaturated/α-hetero) is 1. The second-order valence-electron chi connectivity index (χ2n) is 5.56. The van der Waals surface area contributed by atoms with Crippen LogP contribution in [-0.4, -0.2) is 5.78 Å². The lowest BCUT2D eigenvalue weighted by Gasteiger charge is -2.23. The van der Waals surface area contributed by atoms with Gasteiger partial charge in [0.05, 0.1) is 0 Å². The highest BCUT2D eigenvalue weighted by Crippen LogP contribution is 2.32. The molecule has 1 aromatic carbocycles. The van der Waals surface area contributed by atoms with Crippen LogP contribution in [0, 0.1) is 6.92 Å². The summed E-state index contributed by atoms with van der Waals surface area (Å²) in [6.45, 7) is 10.1. The van der Waals surface area contributed by atoms with Gasteiger partial charge in [0, 0.05) is 17.9 Å². The highest BCUT2D eigenvalue weighted by atomic mass is 16.3. The number of ketones is 1. The molecule has 2 rings (SSSR count). The topological polar surface area (TPSA) is 30.2 Å². The number of furan rings is 1. The zero-order valence-corrected chi connectivity index (χ0v) is 11.8. The van der Waals surface area contributed by atoms with E-state index in [0.717, 1.165) is 23.0 Å². The standard InChI is InChI=1S/C16H20O2/c1-6-16(4,5)12-7-8-14-13(9-12)10(2)15(18-14)11(3)17/h7-9H,6H2,1-5H3. The van der Waals surface area contributed by atoms with Crippen LogP contribution in [0.25, 0.3) is 11.0 Å². The molecule has 0 amide bonds. The number of fused-ring (bicyclic) bond motifs is 1. The molecular formula is C16H20O2. The van der Waals surface area contributed by atoms with Crippen LogP contribution in [0.4, 0.5) is 0 Å². The van der Waals surface area contributed by atoms with Crippen molar-refractivity contribution in [3.63, 3.8) is 0 Å². The smallest absolute Gasteiger partial charge is 0.195 e. The zero-order valence-electron chi connectivity index (χ0n) is 11.8. The highest BCUT2D eigenvalue weighted by molar-refractivity contribution is 5.98. The maximum absolute atomic E-state index is 11.5. The molecule has 1 heterocycles. The summed E-state index contributed by atoms with van der Waals surface area (Å²) in [7, 11) is 0. The lowest BCUT2D eigenvalue weighted by atomic mass is 9.82. The molecule has 1 aromatic heterocycles. The molecule has 0 aliphatic carbocycles. The quantitative estimate of drug-likeness (QED) is 0.737. The van der Waals surface area contributed by atoms with E-state index in [4.69, 9.17) is 4.42 Å². The van der Waals surface area contributed by atoms with Crippen molar-refractivity contribution in [2.45, 2.75) is 46.5 Å². The average Bonchev–Trinajstić information content (AvgIpc) is 2.66. The minimum atomic E-state index is -0.0139. The van der Waals surface area contributed by atoms with Crippen LogP contribution in [-0.2, 0) is 5.41 Å². The minimum absolute atomic E-state index is 0.0139. The first-order valence-electron chi connectivity index (χ1n) is 6.41. The molecule has 0 saturated carbocycles. The average molecular weight is 244 g/mol. The van der Waals surface area contributed by atoms with Gasteiger partial charge in [-0.25, -0.2) is 0 Å². The molecule has 0 unspecified atom stereocenters. The second kappa shape index (κ2) is 4.27. The Labute approximate surface area is 108 Å². The van der Waals surface area contributed by atoms with Crippen LogP contribution < -0.4 is 0 Å². The van der Waals surface area contributed by atoms with E-state index in [2.05, 4.69) is 32.9 Å². The maximum Gasteiger partial charge on any atom is 0.195 e. The Morgan fingerprint density at radius 3 is 2.56 bits per heavy atom. The molecule has 2 nitrogen and oxygen atoms in total. The fourth-order valence-electron chi connectivity index (χ4n) is 2.18. The van der Waals surface area contributed by atoms with Crippen LogP contribution in [0.3, 0.4) is 0 Å². The fraction of sp³-hybridized carbons (Fsp3) is 0.438. The van der Waals surface area contributed by atoms with Crippen LogP contribution in [0.1, 0.15) is 55.8 Å². The summed E-state index contributed by atoms with van der Waals surface area (Å²) in [5.41, 5.74) is 3.19. The van der Waals surface area contributed by atoms with E-state index < -0.39 is 0 Å². The Morgan fingerprint density at radius 2 is 2.00 bits per heavy atom. The summed E-state index contributed by atoms with van der Waals surface area (Å²) in [6.07, 6.45) is 1.08. The Bertz CT molecular complexity index is 603. The number of carbonyl (C=O) groups is 1. The third-order valence-electron chi connectivity index (χ3n) is 3.92. The number of aryl methyl sites for hydroxylation is 1. The lowest BCUT2D eigenvalue weighted by Crippen LogP contribution is -2.14. The molecule has 0 fully saturated rings. The van der Waals surface area contributed by atoms with Gasteiger partial charge in [-0.3, -0.25) is 4.79 Å². The summed E-state index contributed by atoms with van der Waals surface area (Å²) in [5.74, 6) is 0.469. The summed E-state index contributed by atoms with van der Waals surface area (Å²) >= 11 is 0. The van der Waals surface area contributed by atoms with E-state index in [9.17, 15) is 4.79 Å². The zero-order chi connectivity index (χ0) is 13.5. The molecule has 0 radical (unpaired) electrons. The molecule has 0 N–H and O–H groups in total. The first kappa shape index (κ1) is 12.9. The lowest BCUT2D eigenvalue weighted by molar-refractivity contribution is 0.0988. The summed E-state index contributed by atoms with van der Waals surface area (Å²) in [6, 6.07) is 6.23. The van der Waals surface area contributed by atoms with Gasteiger partial charge in [0.1, 0.15) is 5.58 Å². The normalized spacial score (nSPS) is 12.1. The van der Waals surface area contributed by atoms with Gasteiger partial charge in [-0.15, -0.1) is 0 Å². The molecule has 0 bridgehead atoms. The van der Waals surface area contributed by atoms with Crippen molar-refractivity contribution >= 4 is 16.8 Å². The van der Waals surface area contributed by atoms with Crippen LogP contribution in [0.15, 0.2) is 22.6 Å². The van der Waals surface area contributed by atoms with Gasteiger partial charge in [0.15, 0.2) is 11.5 Å². The Balaban J connectivity index is 2.65. The van der Waals surface area contributed by atoms with Crippen LogP contribution in [0.2, 0.25) is 0 Å². The number of carbonyl (C=O) groups excluding carboxylic acids is 1. The largest absolute Gasteiger partial charge is 0.453 e. The summed E-state index contributed by atoms with van der Waals surface area (Å²) < 4.78 is 5.61. The molecule has 96 valence electrons. The van der Waals surface area contributed by atoms with Crippen molar-refractivity contribution in [1.29, 1.82) is 0 Å². The number of rotatable bonds is 3. The van der Waals surface area contributed by atoms with Gasteiger partial charge in [0.2, 0.25) is 0 Å². The summed E-state index contributed by atoms with van der Waals surface area (Å²) in [4.78, 5) is 11.5. The van der Waals surface area contributed by atoms with E-state index in [1.807, 2.05) is 13.0 Å². The van der Waals surface area contributed by atoms with Crippen molar-refractivity contribution in [3.05, 3.63) is 35.1 Å². The Hall–Kier alpha value is -1.57. The van der Waals surface area contributed by atoms with Gasteiger partial charge >= 0.3 is 0 Å². The maximum atomic E-state index is 11.5. The van der Waals surface area contributed by atoms with E-state index in [0.29, 0.717) is 5.76 Å². The van der Waals surface area contributed by atoms with Crippen molar-refractivity contribution in [2.75, 3.05) is 0 Å². The van der Waals surface area contributed by atoms with Crippen LogP contribution >= 0.6 is 0 Å². The minimum Gasteiger partial charge on any atom is -0.453 e. The predicted molar refractivity (Wildman–Crippen MR) is 74.3 cm³/mol. The molecule has 2 heteroatoms. The van der Waals surface area contributed by atoms with Gasteiger partial charge in [0.25, 0.3) is 0 Å². The molecule has 0 aliphatic heterocycles. The van der Waals surface area contributed by atoms with E-state index >= 15 is 0 Å². The monoisotopic (exact) mass is 244 g/mol. The highest BCUT2D eigenvalue weighted by Gasteiger charge is 2.20. The van der Waals surface area contributed by atoms with Crippen LogP contribution in [0.5, 0.6) is 0 Å². The molecule has 0 atom stereocenters. The van der Waals surface area contributed by atoms with E-state index in [1.54, 1.807) is 6.92 Å². The van der Waals surface area contributed by atoms with Crippen molar-refractivity contribution in [2.24, 2.45) is 0 Å². The van der Waals surface area contributed by atoms with E-state index in [1.165, 1.54) is 5.56 Å². The van der Waals surface area contributed by atoms with Gasteiger partial charge < -0.3 is 4.42 Å². The SMILES string of the molecule is CCC(C)(C)c1ccc2oc(C(C)=O)c(C)c2c1.